The quantitative estimate of drug-likeness (QED) is 0.114. The molecule has 1 atom stereocenters. The van der Waals surface area contributed by atoms with Crippen LogP contribution in [0.1, 0.15) is 42.2 Å². The Labute approximate surface area is 250 Å². The number of epoxide rings is 1. The number of aromatic nitrogens is 2. The monoisotopic (exact) mass is 704 g/mol. The lowest BCUT2D eigenvalue weighted by Crippen LogP contribution is -2.33. The van der Waals surface area contributed by atoms with E-state index >= 15 is 0 Å². The van der Waals surface area contributed by atoms with E-state index in [1.807, 2.05) is 0 Å². The van der Waals surface area contributed by atoms with E-state index in [0.717, 1.165) is 30.3 Å². The van der Waals surface area contributed by atoms with Crippen LogP contribution < -0.4 is 0 Å². The van der Waals surface area contributed by atoms with Crippen LogP contribution in [0.3, 0.4) is 0 Å². The SMILES string of the molecule is C.C.Fc1cccc(C2(C(F)(F)c3ccc(Br)cn3)CO2)c1.O=C(c1cccc(F)c1)C(F)(F)c1ccc(Br)cn1. The molecule has 4 aromatic rings. The minimum absolute atomic E-state index is 0. The van der Waals surface area contributed by atoms with Crippen LogP contribution in [-0.2, 0) is 22.2 Å². The van der Waals surface area contributed by atoms with Crippen molar-refractivity contribution in [2.24, 2.45) is 0 Å². The van der Waals surface area contributed by atoms with E-state index in [9.17, 15) is 31.1 Å². The summed E-state index contributed by atoms with van der Waals surface area (Å²) >= 11 is 6.21. The third-order valence-corrected chi connectivity index (χ3v) is 6.64. The molecule has 4 nitrogen and oxygen atoms in total. The van der Waals surface area contributed by atoms with Crippen LogP contribution in [-0.4, -0.2) is 22.4 Å². The molecular weight excluding hydrogens is 682 g/mol. The van der Waals surface area contributed by atoms with Gasteiger partial charge < -0.3 is 4.74 Å². The molecule has 2 aromatic heterocycles. The average molecular weight is 706 g/mol. The van der Waals surface area contributed by atoms with Gasteiger partial charge in [0.1, 0.15) is 23.0 Å². The van der Waals surface area contributed by atoms with E-state index < -0.39 is 51.8 Å². The molecule has 1 aliphatic heterocycles. The molecule has 218 valence electrons. The van der Waals surface area contributed by atoms with E-state index in [1.165, 1.54) is 54.9 Å². The van der Waals surface area contributed by atoms with Crippen molar-refractivity contribution in [1.29, 1.82) is 0 Å². The third-order valence-electron chi connectivity index (χ3n) is 5.70. The molecule has 0 radical (unpaired) electrons. The van der Waals surface area contributed by atoms with Crippen LogP contribution in [0, 0.1) is 11.6 Å². The van der Waals surface area contributed by atoms with Gasteiger partial charge in [-0.2, -0.15) is 17.6 Å². The Morgan fingerprint density at radius 3 is 1.76 bits per heavy atom. The summed E-state index contributed by atoms with van der Waals surface area (Å²) in [5.74, 6) is -9.93. The minimum Gasteiger partial charge on any atom is -0.357 e. The number of halogens is 8. The summed E-state index contributed by atoms with van der Waals surface area (Å²) in [6.45, 7) is -0.165. The van der Waals surface area contributed by atoms with Crippen molar-refractivity contribution >= 4 is 37.6 Å². The summed E-state index contributed by atoms with van der Waals surface area (Å²) in [5, 5.41) is 0. The fourth-order valence-electron chi connectivity index (χ4n) is 3.60. The molecule has 0 spiro atoms. The lowest BCUT2D eigenvalue weighted by molar-refractivity contribution is -0.0890. The molecule has 1 aliphatic rings. The summed E-state index contributed by atoms with van der Waals surface area (Å²) in [4.78, 5) is 19.0. The molecule has 1 unspecified atom stereocenters. The minimum atomic E-state index is -3.80. The van der Waals surface area contributed by atoms with E-state index in [-0.39, 0.29) is 27.0 Å². The van der Waals surface area contributed by atoms with E-state index in [1.54, 1.807) is 0 Å². The first-order chi connectivity index (χ1) is 18.4. The smallest absolute Gasteiger partial charge is 0.351 e. The van der Waals surface area contributed by atoms with Crippen LogP contribution in [0.4, 0.5) is 26.3 Å². The number of ketones is 1. The maximum atomic E-state index is 14.6. The van der Waals surface area contributed by atoms with Gasteiger partial charge in [0.2, 0.25) is 5.78 Å². The molecule has 5 rings (SSSR count). The number of carbonyl (C=O) groups is 1. The fraction of sp³-hybridized carbons (Fsp3) is 0.207. The average Bonchev–Trinajstić information content (AvgIpc) is 3.72. The Hall–Kier alpha value is -3.09. The van der Waals surface area contributed by atoms with Crippen molar-refractivity contribution in [1.82, 2.24) is 9.97 Å². The molecule has 3 heterocycles. The number of Topliss-reactive ketones (excluding diaryl/α,β-unsaturated/α-hetero) is 1. The highest BCUT2D eigenvalue weighted by Gasteiger charge is 2.67. The van der Waals surface area contributed by atoms with Crippen molar-refractivity contribution in [3.05, 3.63) is 128 Å². The fourth-order valence-corrected chi connectivity index (χ4v) is 4.07. The molecule has 12 heteroatoms. The predicted octanol–water partition coefficient (Wildman–Crippen LogP) is 9.23. The zero-order chi connectivity index (χ0) is 28.4. The Kier molecular flexibility index (Phi) is 11.0. The van der Waals surface area contributed by atoms with Crippen molar-refractivity contribution in [3.63, 3.8) is 0 Å². The number of nitrogens with zero attached hydrogens (tertiary/aromatic N) is 2. The topological polar surface area (TPSA) is 55.4 Å². The van der Waals surface area contributed by atoms with Gasteiger partial charge in [0.25, 0.3) is 0 Å². The predicted molar refractivity (Wildman–Crippen MR) is 150 cm³/mol. The lowest BCUT2D eigenvalue weighted by Gasteiger charge is -2.23. The second-order valence-corrected chi connectivity index (χ2v) is 10.2. The van der Waals surface area contributed by atoms with Crippen LogP contribution >= 0.6 is 31.9 Å². The molecule has 2 aromatic carbocycles. The van der Waals surface area contributed by atoms with Gasteiger partial charge in [-0.3, -0.25) is 14.8 Å². The van der Waals surface area contributed by atoms with Crippen LogP contribution in [0.15, 0.2) is 94.1 Å². The largest absolute Gasteiger partial charge is 0.357 e. The van der Waals surface area contributed by atoms with E-state index in [0.29, 0.717) is 8.95 Å². The Morgan fingerprint density at radius 2 is 1.29 bits per heavy atom. The molecule has 1 saturated heterocycles. The van der Waals surface area contributed by atoms with Gasteiger partial charge >= 0.3 is 11.8 Å². The number of pyridine rings is 2. The Balaban J connectivity index is 0.000000274. The first-order valence-corrected chi connectivity index (χ1v) is 12.7. The zero-order valence-corrected chi connectivity index (χ0v) is 22.7. The zero-order valence-electron chi connectivity index (χ0n) is 19.5. The highest BCUT2D eigenvalue weighted by molar-refractivity contribution is 9.10. The normalized spacial score (nSPS) is 15.9. The van der Waals surface area contributed by atoms with Crippen molar-refractivity contribution in [2.75, 3.05) is 6.61 Å². The number of benzene rings is 2. The molecule has 0 amide bonds. The van der Waals surface area contributed by atoms with E-state index in [2.05, 4.69) is 41.8 Å². The summed E-state index contributed by atoms with van der Waals surface area (Å²) in [5.41, 5.74) is -3.18. The lowest BCUT2D eigenvalue weighted by atomic mass is 9.90. The van der Waals surface area contributed by atoms with Gasteiger partial charge in [0.15, 0.2) is 5.60 Å². The summed E-state index contributed by atoms with van der Waals surface area (Å²) < 4.78 is 89.5. The van der Waals surface area contributed by atoms with Gasteiger partial charge in [-0.25, -0.2) is 8.78 Å². The van der Waals surface area contributed by atoms with Gasteiger partial charge in [-0.05, 0) is 86.0 Å². The molecule has 0 bridgehead atoms. The number of hydrogen-bond acceptors (Lipinski definition) is 4. The van der Waals surface area contributed by atoms with Gasteiger partial charge in [0, 0.05) is 26.9 Å². The first kappa shape index (κ1) is 34.1. The van der Waals surface area contributed by atoms with Crippen LogP contribution in [0.2, 0.25) is 0 Å². The Morgan fingerprint density at radius 1 is 0.780 bits per heavy atom. The van der Waals surface area contributed by atoms with Crippen molar-refractivity contribution in [3.8, 4) is 0 Å². The second kappa shape index (κ2) is 13.3. The van der Waals surface area contributed by atoms with Crippen molar-refractivity contribution < 1.29 is 35.9 Å². The molecule has 0 aliphatic carbocycles. The summed E-state index contributed by atoms with van der Waals surface area (Å²) in [6.07, 6.45) is 2.47. The summed E-state index contributed by atoms with van der Waals surface area (Å²) in [7, 11) is 0. The standard InChI is InChI=1S/C14H9BrF3NO.C13H7BrF3NO.2CH4/c15-10-4-5-12(19-7-10)14(17,18)13(8-20-13)9-2-1-3-11(16)6-9;14-9-4-5-11(18-7-9)13(16,17)12(19)8-2-1-3-10(15)6-8;;/h1-7H,8H2;1-7H;2*1H4. The number of hydrogen-bond donors (Lipinski definition) is 0. The number of ether oxygens (including phenoxy) is 1. The molecule has 0 N–H and O–H groups in total. The molecule has 41 heavy (non-hydrogen) atoms. The van der Waals surface area contributed by atoms with Crippen LogP contribution in [0.25, 0.3) is 0 Å². The van der Waals surface area contributed by atoms with Crippen LogP contribution in [0.5, 0.6) is 0 Å². The van der Waals surface area contributed by atoms with E-state index in [4.69, 9.17) is 4.74 Å². The van der Waals surface area contributed by atoms with Crippen molar-refractivity contribution in [2.45, 2.75) is 32.3 Å². The second-order valence-electron chi connectivity index (χ2n) is 8.34. The van der Waals surface area contributed by atoms with Gasteiger partial charge in [-0.1, -0.05) is 39.1 Å². The first-order valence-electron chi connectivity index (χ1n) is 11.1. The maximum Gasteiger partial charge on any atom is 0.351 e. The molecule has 1 fully saturated rings. The third kappa shape index (κ3) is 7.22. The number of carbonyl (C=O) groups excluding carboxylic acids is 1. The number of alkyl halides is 4. The molecular formula is C29H24Br2F6N2O2. The Bertz CT molecular complexity index is 1480. The van der Waals surface area contributed by atoms with Gasteiger partial charge in [-0.15, -0.1) is 0 Å². The molecule has 0 saturated carbocycles. The highest BCUT2D eigenvalue weighted by atomic mass is 79.9. The number of rotatable bonds is 6. The van der Waals surface area contributed by atoms with Gasteiger partial charge in [0.05, 0.1) is 6.61 Å². The highest BCUT2D eigenvalue weighted by Crippen LogP contribution is 2.55. The summed E-state index contributed by atoms with van der Waals surface area (Å²) in [6, 6.07) is 14.4. The maximum absolute atomic E-state index is 14.6.